The molecule has 1 aromatic heterocycles. The molecular formula is C15H15NO5. The topological polar surface area (TPSA) is 88.8 Å². The number of benzene rings is 1. The quantitative estimate of drug-likeness (QED) is 0.852. The van der Waals surface area contributed by atoms with Gasteiger partial charge in [0.05, 0.1) is 0 Å². The van der Waals surface area contributed by atoms with E-state index in [2.05, 4.69) is 5.32 Å². The van der Waals surface area contributed by atoms with Gasteiger partial charge in [-0.05, 0) is 36.8 Å². The maximum absolute atomic E-state index is 11.7. The number of hydrogen-bond donors (Lipinski definition) is 2. The van der Waals surface area contributed by atoms with Crippen LogP contribution in [0.4, 0.5) is 5.69 Å². The van der Waals surface area contributed by atoms with E-state index in [-0.39, 0.29) is 24.9 Å². The van der Waals surface area contributed by atoms with Crippen LogP contribution >= 0.6 is 0 Å². The normalized spacial score (nSPS) is 10.3. The number of carboxylic acids is 1. The molecule has 0 aliphatic heterocycles. The number of rotatable bonds is 6. The van der Waals surface area contributed by atoms with Crippen LogP contribution in [-0.2, 0) is 16.1 Å². The molecule has 0 radical (unpaired) electrons. The number of amides is 1. The second kappa shape index (κ2) is 6.71. The Morgan fingerprint density at radius 1 is 1.29 bits per heavy atom. The van der Waals surface area contributed by atoms with Gasteiger partial charge in [-0.3, -0.25) is 4.79 Å². The van der Waals surface area contributed by atoms with Crippen molar-refractivity contribution < 1.29 is 23.8 Å². The molecule has 2 aromatic rings. The number of carbonyl (C=O) groups excluding carboxylic acids is 1. The average Bonchev–Trinajstić information content (AvgIpc) is 2.87. The Kier molecular flexibility index (Phi) is 4.73. The molecule has 0 saturated heterocycles. The molecule has 0 fully saturated rings. The molecule has 0 aliphatic rings. The molecule has 1 heterocycles. The first-order valence-electron chi connectivity index (χ1n) is 6.31. The summed E-state index contributed by atoms with van der Waals surface area (Å²) < 4.78 is 10.2. The second-order valence-corrected chi connectivity index (χ2v) is 4.48. The highest BCUT2D eigenvalue weighted by Gasteiger charge is 2.09. The number of furan rings is 1. The minimum atomic E-state index is -1.14. The van der Waals surface area contributed by atoms with Gasteiger partial charge in [0.1, 0.15) is 19.0 Å². The standard InChI is InChI=1S/C15H15NO5/c1-10-3-2-4-11(7-10)16-14(17)9-20-8-12-5-6-13(21-12)15(18)19/h2-7H,8-9H2,1H3,(H,16,17)(H,18,19). The Balaban J connectivity index is 1.77. The van der Waals surface area contributed by atoms with E-state index in [4.69, 9.17) is 14.3 Å². The van der Waals surface area contributed by atoms with E-state index >= 15 is 0 Å². The van der Waals surface area contributed by atoms with Gasteiger partial charge in [-0.1, -0.05) is 12.1 Å². The van der Waals surface area contributed by atoms with Crippen molar-refractivity contribution >= 4 is 17.6 Å². The lowest BCUT2D eigenvalue weighted by Gasteiger charge is -2.06. The summed E-state index contributed by atoms with van der Waals surface area (Å²) >= 11 is 0. The smallest absolute Gasteiger partial charge is 0.371 e. The first kappa shape index (κ1) is 14.8. The first-order chi connectivity index (χ1) is 10.0. The molecule has 2 rings (SSSR count). The van der Waals surface area contributed by atoms with Gasteiger partial charge in [-0.15, -0.1) is 0 Å². The van der Waals surface area contributed by atoms with Gasteiger partial charge in [0.2, 0.25) is 11.7 Å². The maximum atomic E-state index is 11.7. The van der Waals surface area contributed by atoms with Gasteiger partial charge in [0.25, 0.3) is 0 Å². The molecule has 0 unspecified atom stereocenters. The minimum Gasteiger partial charge on any atom is -0.475 e. The van der Waals surface area contributed by atoms with Crippen LogP contribution < -0.4 is 5.32 Å². The highest BCUT2D eigenvalue weighted by Crippen LogP contribution is 2.10. The third-order valence-electron chi connectivity index (χ3n) is 2.65. The molecule has 0 spiro atoms. The largest absolute Gasteiger partial charge is 0.475 e. The van der Waals surface area contributed by atoms with Crippen LogP contribution in [0.1, 0.15) is 21.9 Å². The van der Waals surface area contributed by atoms with E-state index < -0.39 is 5.97 Å². The van der Waals surface area contributed by atoms with Crippen LogP contribution in [-0.4, -0.2) is 23.6 Å². The zero-order valence-corrected chi connectivity index (χ0v) is 11.5. The van der Waals surface area contributed by atoms with Gasteiger partial charge in [-0.2, -0.15) is 0 Å². The van der Waals surface area contributed by atoms with Crippen molar-refractivity contribution in [3.8, 4) is 0 Å². The maximum Gasteiger partial charge on any atom is 0.371 e. The summed E-state index contributed by atoms with van der Waals surface area (Å²) in [4.78, 5) is 22.3. The molecule has 0 bridgehead atoms. The highest BCUT2D eigenvalue weighted by molar-refractivity contribution is 5.91. The van der Waals surface area contributed by atoms with Crippen molar-refractivity contribution in [1.29, 1.82) is 0 Å². The van der Waals surface area contributed by atoms with E-state index in [1.165, 1.54) is 12.1 Å². The first-order valence-corrected chi connectivity index (χ1v) is 6.31. The molecular weight excluding hydrogens is 274 g/mol. The third-order valence-corrected chi connectivity index (χ3v) is 2.65. The molecule has 0 saturated carbocycles. The molecule has 6 heteroatoms. The fourth-order valence-electron chi connectivity index (χ4n) is 1.73. The molecule has 110 valence electrons. The monoisotopic (exact) mass is 289 g/mol. The predicted molar refractivity (Wildman–Crippen MR) is 75.1 cm³/mol. The van der Waals surface area contributed by atoms with Gasteiger partial charge in [0.15, 0.2) is 0 Å². The summed E-state index contributed by atoms with van der Waals surface area (Å²) in [5, 5.41) is 11.4. The van der Waals surface area contributed by atoms with Gasteiger partial charge in [0, 0.05) is 5.69 Å². The van der Waals surface area contributed by atoms with E-state index in [1.54, 1.807) is 6.07 Å². The van der Waals surface area contributed by atoms with E-state index in [0.717, 1.165) is 5.56 Å². The lowest BCUT2D eigenvalue weighted by molar-refractivity contribution is -0.121. The van der Waals surface area contributed by atoms with Crippen LogP contribution in [0.5, 0.6) is 0 Å². The summed E-state index contributed by atoms with van der Waals surface area (Å²) in [5.41, 5.74) is 1.75. The van der Waals surface area contributed by atoms with Crippen LogP contribution in [0.3, 0.4) is 0 Å². The number of aryl methyl sites for hydroxylation is 1. The fourth-order valence-corrected chi connectivity index (χ4v) is 1.73. The molecule has 1 aromatic carbocycles. The number of carboxylic acid groups (broad SMARTS) is 1. The number of hydrogen-bond acceptors (Lipinski definition) is 4. The summed E-state index contributed by atoms with van der Waals surface area (Å²) in [6.45, 7) is 1.83. The van der Waals surface area contributed by atoms with Crippen LogP contribution in [0.25, 0.3) is 0 Å². The minimum absolute atomic E-state index is 0.0362. The zero-order chi connectivity index (χ0) is 15.2. The zero-order valence-electron chi connectivity index (χ0n) is 11.5. The van der Waals surface area contributed by atoms with Crippen LogP contribution in [0.2, 0.25) is 0 Å². The second-order valence-electron chi connectivity index (χ2n) is 4.48. The fraction of sp³-hybridized carbons (Fsp3) is 0.200. The Morgan fingerprint density at radius 3 is 2.76 bits per heavy atom. The van der Waals surface area contributed by atoms with Crippen LogP contribution in [0.15, 0.2) is 40.8 Å². The number of anilines is 1. The SMILES string of the molecule is Cc1cccc(NC(=O)COCc2ccc(C(=O)O)o2)c1. The van der Waals surface area contributed by atoms with Crippen molar-refractivity contribution in [3.05, 3.63) is 53.5 Å². The van der Waals surface area contributed by atoms with Gasteiger partial charge < -0.3 is 19.6 Å². The number of ether oxygens (including phenoxy) is 1. The lowest BCUT2D eigenvalue weighted by atomic mass is 10.2. The average molecular weight is 289 g/mol. The number of carbonyl (C=O) groups is 2. The Bertz CT molecular complexity index is 647. The summed E-state index contributed by atoms with van der Waals surface area (Å²) in [5.74, 6) is -1.22. The van der Waals surface area contributed by atoms with Gasteiger partial charge in [-0.25, -0.2) is 4.79 Å². The molecule has 6 nitrogen and oxygen atoms in total. The van der Waals surface area contributed by atoms with Crippen molar-refractivity contribution in [2.24, 2.45) is 0 Å². The number of aromatic carboxylic acids is 1. The van der Waals surface area contributed by atoms with Crippen molar-refractivity contribution in [2.45, 2.75) is 13.5 Å². The molecule has 0 aliphatic carbocycles. The van der Waals surface area contributed by atoms with Gasteiger partial charge >= 0.3 is 5.97 Å². The summed E-state index contributed by atoms with van der Waals surface area (Å²) in [7, 11) is 0. The highest BCUT2D eigenvalue weighted by atomic mass is 16.5. The van der Waals surface area contributed by atoms with Crippen molar-refractivity contribution in [3.63, 3.8) is 0 Å². The van der Waals surface area contributed by atoms with Crippen molar-refractivity contribution in [2.75, 3.05) is 11.9 Å². The molecule has 2 N–H and O–H groups in total. The van der Waals surface area contributed by atoms with E-state index in [0.29, 0.717) is 11.4 Å². The van der Waals surface area contributed by atoms with E-state index in [1.807, 2.05) is 25.1 Å². The lowest BCUT2D eigenvalue weighted by Crippen LogP contribution is -2.18. The Hall–Kier alpha value is -2.60. The summed E-state index contributed by atoms with van der Waals surface area (Å²) in [6.07, 6.45) is 0. The Morgan fingerprint density at radius 2 is 2.10 bits per heavy atom. The predicted octanol–water partition coefficient (Wildman–Crippen LogP) is 2.44. The number of nitrogens with one attached hydrogen (secondary N) is 1. The van der Waals surface area contributed by atoms with Crippen LogP contribution in [0, 0.1) is 6.92 Å². The van der Waals surface area contributed by atoms with E-state index in [9.17, 15) is 9.59 Å². The summed E-state index contributed by atoms with van der Waals surface area (Å²) in [6, 6.07) is 10.3. The molecule has 0 atom stereocenters. The Labute approximate surface area is 121 Å². The van der Waals surface area contributed by atoms with Crippen molar-refractivity contribution in [1.82, 2.24) is 0 Å². The molecule has 21 heavy (non-hydrogen) atoms. The third kappa shape index (κ3) is 4.47. The molecule has 1 amide bonds.